The normalized spacial score (nSPS) is 11.5. The molecule has 0 radical (unpaired) electrons. The summed E-state index contributed by atoms with van der Waals surface area (Å²) in [6, 6.07) is 4.13. The van der Waals surface area contributed by atoms with E-state index in [1.165, 1.54) is 23.2 Å². The van der Waals surface area contributed by atoms with Crippen LogP contribution < -0.4 is 4.74 Å². The van der Waals surface area contributed by atoms with Crippen LogP contribution in [0.25, 0.3) is 5.69 Å². The number of rotatable bonds is 2. The number of imidazole rings is 1. The van der Waals surface area contributed by atoms with Gasteiger partial charge in [-0.1, -0.05) is 17.7 Å². The van der Waals surface area contributed by atoms with E-state index in [0.29, 0.717) is 5.69 Å². The molecule has 0 aliphatic heterocycles. The van der Waals surface area contributed by atoms with E-state index in [1.54, 1.807) is 12.3 Å². The number of ether oxygens (including phenoxy) is 1. The lowest BCUT2D eigenvalue weighted by molar-refractivity contribution is -0.274. The van der Waals surface area contributed by atoms with Crippen molar-refractivity contribution in [3.63, 3.8) is 0 Å². The molecule has 0 bridgehead atoms. The Morgan fingerprint density at radius 2 is 2.06 bits per heavy atom. The number of halogens is 4. The second kappa shape index (κ2) is 4.29. The number of aromatic nitrogens is 2. The number of hydrogen-bond acceptors (Lipinski definition) is 2. The first-order valence-electron chi connectivity index (χ1n) is 4.50. The van der Waals surface area contributed by atoms with Gasteiger partial charge in [-0.15, -0.1) is 13.2 Å². The van der Waals surface area contributed by atoms with Crippen molar-refractivity contribution in [2.75, 3.05) is 0 Å². The number of benzene rings is 1. The molecular weight excluding hydrogens is 257 g/mol. The molecule has 0 saturated carbocycles. The maximum atomic E-state index is 12.1. The summed E-state index contributed by atoms with van der Waals surface area (Å²) in [6.45, 7) is 0. The second-order valence-electron chi connectivity index (χ2n) is 3.11. The Labute approximate surface area is 99.4 Å². The Bertz CT molecular complexity index is 511. The van der Waals surface area contributed by atoms with Crippen molar-refractivity contribution in [2.24, 2.45) is 0 Å². The summed E-state index contributed by atoms with van der Waals surface area (Å²) in [5.74, 6) is -0.439. The van der Waals surface area contributed by atoms with Crippen LogP contribution in [0.1, 0.15) is 0 Å². The quantitative estimate of drug-likeness (QED) is 0.829. The van der Waals surface area contributed by atoms with Crippen molar-refractivity contribution in [1.29, 1.82) is 0 Å². The largest absolute Gasteiger partial charge is 0.573 e. The maximum absolute atomic E-state index is 12.1. The van der Waals surface area contributed by atoms with Crippen LogP contribution >= 0.6 is 11.6 Å². The molecule has 0 saturated heterocycles. The minimum atomic E-state index is -4.77. The summed E-state index contributed by atoms with van der Waals surface area (Å²) in [5.41, 5.74) is 0.367. The molecule has 7 heteroatoms. The van der Waals surface area contributed by atoms with Gasteiger partial charge in [-0.25, -0.2) is 4.98 Å². The van der Waals surface area contributed by atoms with Crippen LogP contribution in [0.2, 0.25) is 5.02 Å². The molecule has 0 unspecified atom stereocenters. The molecule has 0 N–H and O–H groups in total. The van der Waals surface area contributed by atoms with Crippen molar-refractivity contribution in [2.45, 2.75) is 6.36 Å². The zero-order valence-electron chi connectivity index (χ0n) is 8.28. The second-order valence-corrected chi connectivity index (χ2v) is 3.48. The SMILES string of the molecule is FC(F)(F)Oc1cccc(-n2ccnc2)c1Cl. The van der Waals surface area contributed by atoms with Crippen LogP contribution in [-0.2, 0) is 0 Å². The summed E-state index contributed by atoms with van der Waals surface area (Å²) in [7, 11) is 0. The summed E-state index contributed by atoms with van der Waals surface area (Å²) in [6.07, 6.45) is -0.276. The van der Waals surface area contributed by atoms with Gasteiger partial charge in [-0.05, 0) is 12.1 Å². The monoisotopic (exact) mass is 262 g/mol. The van der Waals surface area contributed by atoms with E-state index in [0.717, 1.165) is 6.07 Å². The predicted octanol–water partition coefficient (Wildman–Crippen LogP) is 3.42. The summed E-state index contributed by atoms with van der Waals surface area (Å²) < 4.78 is 41.6. The third kappa shape index (κ3) is 2.71. The average molecular weight is 263 g/mol. The molecule has 2 aromatic rings. The maximum Gasteiger partial charge on any atom is 0.573 e. The van der Waals surface area contributed by atoms with Gasteiger partial charge in [0, 0.05) is 12.4 Å². The van der Waals surface area contributed by atoms with Crippen LogP contribution in [0.5, 0.6) is 5.75 Å². The smallest absolute Gasteiger partial charge is 0.404 e. The van der Waals surface area contributed by atoms with Gasteiger partial charge in [0.15, 0.2) is 0 Å². The molecule has 0 atom stereocenters. The average Bonchev–Trinajstić information content (AvgIpc) is 2.72. The zero-order chi connectivity index (χ0) is 12.5. The summed E-state index contributed by atoms with van der Waals surface area (Å²) in [4.78, 5) is 3.79. The van der Waals surface area contributed by atoms with Crippen LogP contribution in [0.15, 0.2) is 36.9 Å². The fraction of sp³-hybridized carbons (Fsp3) is 0.100. The van der Waals surface area contributed by atoms with Crippen molar-refractivity contribution >= 4 is 11.6 Å². The van der Waals surface area contributed by atoms with Gasteiger partial charge in [0.25, 0.3) is 0 Å². The first-order chi connectivity index (χ1) is 7.97. The zero-order valence-corrected chi connectivity index (χ0v) is 9.03. The molecule has 2 rings (SSSR count). The first-order valence-corrected chi connectivity index (χ1v) is 4.88. The van der Waals surface area contributed by atoms with E-state index < -0.39 is 12.1 Å². The minimum absolute atomic E-state index is 0.122. The lowest BCUT2D eigenvalue weighted by Gasteiger charge is -2.12. The highest BCUT2D eigenvalue weighted by atomic mass is 35.5. The highest BCUT2D eigenvalue weighted by Crippen LogP contribution is 2.34. The molecule has 0 fully saturated rings. The number of hydrogen-bond donors (Lipinski definition) is 0. The Hall–Kier alpha value is -1.69. The third-order valence-corrected chi connectivity index (χ3v) is 2.33. The number of alkyl halides is 3. The van der Waals surface area contributed by atoms with Gasteiger partial charge >= 0.3 is 6.36 Å². The van der Waals surface area contributed by atoms with E-state index in [1.807, 2.05) is 0 Å². The van der Waals surface area contributed by atoms with Gasteiger partial charge in [-0.3, -0.25) is 0 Å². The standard InChI is InChI=1S/C10H6ClF3N2O/c11-9-7(16-5-4-15-6-16)2-1-3-8(9)17-10(12,13)14/h1-6H. The highest BCUT2D eigenvalue weighted by molar-refractivity contribution is 6.33. The molecule has 17 heavy (non-hydrogen) atoms. The Morgan fingerprint density at radius 3 is 2.65 bits per heavy atom. The first kappa shape index (κ1) is 11.8. The molecule has 0 aliphatic carbocycles. The van der Waals surface area contributed by atoms with Gasteiger partial charge in [-0.2, -0.15) is 0 Å². The topological polar surface area (TPSA) is 27.1 Å². The van der Waals surface area contributed by atoms with Crippen LogP contribution in [0.3, 0.4) is 0 Å². The fourth-order valence-electron chi connectivity index (χ4n) is 1.30. The van der Waals surface area contributed by atoms with Crippen molar-refractivity contribution in [3.8, 4) is 11.4 Å². The van der Waals surface area contributed by atoms with Gasteiger partial charge in [0.2, 0.25) is 0 Å². The van der Waals surface area contributed by atoms with Crippen LogP contribution in [-0.4, -0.2) is 15.9 Å². The molecular formula is C10H6ClF3N2O. The minimum Gasteiger partial charge on any atom is -0.404 e. The molecule has 1 aromatic carbocycles. The molecule has 1 heterocycles. The highest BCUT2D eigenvalue weighted by Gasteiger charge is 2.32. The van der Waals surface area contributed by atoms with E-state index in [4.69, 9.17) is 11.6 Å². The van der Waals surface area contributed by atoms with Crippen LogP contribution in [0.4, 0.5) is 13.2 Å². The van der Waals surface area contributed by atoms with Crippen molar-refractivity contribution in [1.82, 2.24) is 9.55 Å². The van der Waals surface area contributed by atoms with Crippen molar-refractivity contribution < 1.29 is 17.9 Å². The van der Waals surface area contributed by atoms with Gasteiger partial charge in [0.1, 0.15) is 10.8 Å². The van der Waals surface area contributed by atoms with E-state index in [2.05, 4.69) is 9.72 Å². The van der Waals surface area contributed by atoms with Gasteiger partial charge in [0.05, 0.1) is 12.0 Å². The molecule has 1 aromatic heterocycles. The Balaban J connectivity index is 2.41. The predicted molar refractivity (Wildman–Crippen MR) is 55.3 cm³/mol. The van der Waals surface area contributed by atoms with E-state index in [-0.39, 0.29) is 5.02 Å². The molecule has 0 spiro atoms. The van der Waals surface area contributed by atoms with Gasteiger partial charge < -0.3 is 9.30 Å². The summed E-state index contributed by atoms with van der Waals surface area (Å²) in [5, 5.41) is -0.122. The van der Waals surface area contributed by atoms with Crippen LogP contribution in [0, 0.1) is 0 Å². The molecule has 0 amide bonds. The molecule has 3 nitrogen and oxygen atoms in total. The Kier molecular flexibility index (Phi) is 2.97. The third-order valence-electron chi connectivity index (χ3n) is 1.95. The molecule has 0 aliphatic rings. The molecule has 90 valence electrons. The van der Waals surface area contributed by atoms with E-state index in [9.17, 15) is 13.2 Å². The summed E-state index contributed by atoms with van der Waals surface area (Å²) >= 11 is 5.83. The Morgan fingerprint density at radius 1 is 1.29 bits per heavy atom. The number of nitrogens with zero attached hydrogens (tertiary/aromatic N) is 2. The van der Waals surface area contributed by atoms with Crippen molar-refractivity contribution in [3.05, 3.63) is 41.9 Å². The van der Waals surface area contributed by atoms with E-state index >= 15 is 0 Å². The lowest BCUT2D eigenvalue weighted by Crippen LogP contribution is -2.17. The fourth-order valence-corrected chi connectivity index (χ4v) is 1.57. The lowest BCUT2D eigenvalue weighted by atomic mass is 10.3.